The summed E-state index contributed by atoms with van der Waals surface area (Å²) in [6.07, 6.45) is 3.56. The second-order valence-electron chi connectivity index (χ2n) is 4.47. The topological polar surface area (TPSA) is 76.0 Å². The summed E-state index contributed by atoms with van der Waals surface area (Å²) in [4.78, 5) is 4.48. The highest BCUT2D eigenvalue weighted by atomic mass is 32.2. The second kappa shape index (κ2) is 5.64. The fourth-order valence-corrected chi connectivity index (χ4v) is 2.92. The maximum atomic E-state index is 12.0. The van der Waals surface area contributed by atoms with Gasteiger partial charge in [-0.3, -0.25) is 0 Å². The zero-order valence-corrected chi connectivity index (χ0v) is 12.5. The molecule has 0 bridgehead atoms. The van der Waals surface area contributed by atoms with Gasteiger partial charge in [-0.15, -0.1) is 0 Å². The molecule has 1 unspecified atom stereocenters. The van der Waals surface area contributed by atoms with Gasteiger partial charge >= 0.3 is 0 Å². The van der Waals surface area contributed by atoms with Crippen LogP contribution in [-0.4, -0.2) is 25.0 Å². The van der Waals surface area contributed by atoms with Gasteiger partial charge < -0.3 is 9.88 Å². The minimum absolute atomic E-state index is 0.108. The summed E-state index contributed by atoms with van der Waals surface area (Å²) in [6, 6.07) is 6.69. The van der Waals surface area contributed by atoms with Crippen molar-refractivity contribution in [2.75, 3.05) is 12.4 Å². The molecule has 0 spiro atoms. The Hall–Kier alpha value is -1.86. The molecule has 2 aromatic rings. The average molecular weight is 294 g/mol. The number of benzene rings is 1. The van der Waals surface area contributed by atoms with E-state index in [0.717, 1.165) is 5.82 Å². The van der Waals surface area contributed by atoms with Crippen LogP contribution in [0.15, 0.2) is 41.6 Å². The van der Waals surface area contributed by atoms with E-state index < -0.39 is 10.0 Å². The standard InChI is InChI=1S/C13H18N4O2S/c1-10(13-15-8-9-17(13)3)16-11-6-4-5-7-12(11)20(18,19)14-2/h4-10,14,16H,1-3H3. The van der Waals surface area contributed by atoms with E-state index in [9.17, 15) is 8.42 Å². The number of para-hydroxylation sites is 1. The predicted molar refractivity (Wildman–Crippen MR) is 77.9 cm³/mol. The first-order valence-corrected chi connectivity index (χ1v) is 7.70. The number of aromatic nitrogens is 2. The lowest BCUT2D eigenvalue weighted by Gasteiger charge is -2.17. The molecule has 6 nitrogen and oxygen atoms in total. The maximum Gasteiger partial charge on any atom is 0.242 e. The first kappa shape index (κ1) is 14.5. The van der Waals surface area contributed by atoms with Gasteiger partial charge in [-0.25, -0.2) is 18.1 Å². The van der Waals surface area contributed by atoms with E-state index in [2.05, 4.69) is 15.0 Å². The number of hydrogen-bond donors (Lipinski definition) is 2. The molecule has 0 radical (unpaired) electrons. The molecule has 20 heavy (non-hydrogen) atoms. The quantitative estimate of drug-likeness (QED) is 0.876. The first-order chi connectivity index (χ1) is 9.45. The molecule has 0 amide bonds. The zero-order valence-electron chi connectivity index (χ0n) is 11.7. The van der Waals surface area contributed by atoms with Crippen LogP contribution in [0.1, 0.15) is 18.8 Å². The zero-order chi connectivity index (χ0) is 14.8. The van der Waals surface area contributed by atoms with E-state index in [0.29, 0.717) is 5.69 Å². The van der Waals surface area contributed by atoms with Crippen LogP contribution in [-0.2, 0) is 17.1 Å². The largest absolute Gasteiger partial charge is 0.374 e. The average Bonchev–Trinajstić information content (AvgIpc) is 2.85. The third-order valence-electron chi connectivity index (χ3n) is 3.06. The Bertz CT molecular complexity index is 694. The molecular formula is C13H18N4O2S. The monoisotopic (exact) mass is 294 g/mol. The van der Waals surface area contributed by atoms with Crippen molar-refractivity contribution in [3.63, 3.8) is 0 Å². The molecule has 1 aromatic carbocycles. The first-order valence-electron chi connectivity index (χ1n) is 6.22. The number of aryl methyl sites for hydroxylation is 1. The van der Waals surface area contributed by atoms with Crippen molar-refractivity contribution in [2.24, 2.45) is 7.05 Å². The molecular weight excluding hydrogens is 276 g/mol. The van der Waals surface area contributed by atoms with Gasteiger partial charge in [0, 0.05) is 19.4 Å². The Labute approximate surface area is 118 Å². The summed E-state index contributed by atoms with van der Waals surface area (Å²) in [5.41, 5.74) is 0.553. The molecule has 1 atom stereocenters. The van der Waals surface area contributed by atoms with Crippen molar-refractivity contribution >= 4 is 15.7 Å². The van der Waals surface area contributed by atoms with E-state index in [4.69, 9.17) is 0 Å². The number of nitrogens with zero attached hydrogens (tertiary/aromatic N) is 2. The fourth-order valence-electron chi connectivity index (χ4n) is 2.02. The smallest absolute Gasteiger partial charge is 0.242 e. The van der Waals surface area contributed by atoms with Crippen LogP contribution in [0.3, 0.4) is 0 Å². The normalized spacial score (nSPS) is 13.2. The third kappa shape index (κ3) is 2.83. The Morgan fingerprint density at radius 1 is 1.30 bits per heavy atom. The Morgan fingerprint density at radius 2 is 2.00 bits per heavy atom. The summed E-state index contributed by atoms with van der Waals surface area (Å²) >= 11 is 0. The van der Waals surface area contributed by atoms with Gasteiger partial charge in [0.2, 0.25) is 10.0 Å². The molecule has 1 heterocycles. The van der Waals surface area contributed by atoms with Crippen molar-refractivity contribution < 1.29 is 8.42 Å². The molecule has 2 N–H and O–H groups in total. The predicted octanol–water partition coefficient (Wildman–Crippen LogP) is 1.50. The molecule has 0 aliphatic heterocycles. The van der Waals surface area contributed by atoms with Crippen molar-refractivity contribution in [1.29, 1.82) is 0 Å². The molecule has 0 saturated heterocycles. The molecule has 0 fully saturated rings. The highest BCUT2D eigenvalue weighted by molar-refractivity contribution is 7.89. The van der Waals surface area contributed by atoms with Crippen LogP contribution in [0, 0.1) is 0 Å². The lowest BCUT2D eigenvalue weighted by Crippen LogP contribution is -2.21. The van der Waals surface area contributed by atoms with Gasteiger partial charge in [-0.1, -0.05) is 12.1 Å². The van der Waals surface area contributed by atoms with Gasteiger partial charge in [0.15, 0.2) is 0 Å². The Kier molecular flexibility index (Phi) is 4.10. The molecule has 0 aliphatic carbocycles. The number of anilines is 1. The van der Waals surface area contributed by atoms with Crippen LogP contribution in [0.2, 0.25) is 0 Å². The van der Waals surface area contributed by atoms with E-state index in [-0.39, 0.29) is 10.9 Å². The number of nitrogens with one attached hydrogen (secondary N) is 2. The van der Waals surface area contributed by atoms with Crippen molar-refractivity contribution in [1.82, 2.24) is 14.3 Å². The highest BCUT2D eigenvalue weighted by Crippen LogP contribution is 2.24. The maximum absolute atomic E-state index is 12.0. The van der Waals surface area contributed by atoms with Crippen molar-refractivity contribution in [2.45, 2.75) is 17.9 Å². The molecule has 2 rings (SSSR count). The minimum atomic E-state index is -3.49. The lowest BCUT2D eigenvalue weighted by molar-refractivity contribution is 0.588. The fraction of sp³-hybridized carbons (Fsp3) is 0.308. The van der Waals surface area contributed by atoms with Gasteiger partial charge in [0.25, 0.3) is 0 Å². The van der Waals surface area contributed by atoms with E-state index in [1.807, 2.05) is 24.7 Å². The van der Waals surface area contributed by atoms with Gasteiger partial charge in [0.1, 0.15) is 10.7 Å². The third-order valence-corrected chi connectivity index (χ3v) is 4.54. The summed E-state index contributed by atoms with van der Waals surface area (Å²) < 4.78 is 28.2. The Morgan fingerprint density at radius 3 is 2.60 bits per heavy atom. The van der Waals surface area contributed by atoms with Crippen LogP contribution in [0.4, 0.5) is 5.69 Å². The number of sulfonamides is 1. The van der Waals surface area contributed by atoms with Gasteiger partial charge in [-0.05, 0) is 26.1 Å². The van der Waals surface area contributed by atoms with Gasteiger partial charge in [0.05, 0.1) is 11.7 Å². The molecule has 1 aromatic heterocycles. The van der Waals surface area contributed by atoms with Gasteiger partial charge in [-0.2, -0.15) is 0 Å². The molecule has 0 aliphatic rings. The summed E-state index contributed by atoms with van der Waals surface area (Å²) in [5, 5.41) is 3.19. The molecule has 0 saturated carbocycles. The SMILES string of the molecule is CNS(=O)(=O)c1ccccc1NC(C)c1nccn1C. The van der Waals surface area contributed by atoms with Crippen LogP contribution < -0.4 is 10.0 Å². The van der Waals surface area contributed by atoms with Crippen molar-refractivity contribution in [3.05, 3.63) is 42.5 Å². The summed E-state index contributed by atoms with van der Waals surface area (Å²) in [6.45, 7) is 1.94. The van der Waals surface area contributed by atoms with Crippen LogP contribution >= 0.6 is 0 Å². The molecule has 108 valence electrons. The van der Waals surface area contributed by atoms with Crippen LogP contribution in [0.25, 0.3) is 0 Å². The highest BCUT2D eigenvalue weighted by Gasteiger charge is 2.18. The van der Waals surface area contributed by atoms with E-state index in [1.165, 1.54) is 7.05 Å². The molecule has 7 heteroatoms. The number of rotatable bonds is 5. The van der Waals surface area contributed by atoms with E-state index >= 15 is 0 Å². The second-order valence-corrected chi connectivity index (χ2v) is 6.32. The number of hydrogen-bond acceptors (Lipinski definition) is 4. The summed E-state index contributed by atoms with van der Waals surface area (Å²) in [5.74, 6) is 0.835. The Balaban J connectivity index is 2.33. The summed E-state index contributed by atoms with van der Waals surface area (Å²) in [7, 11) is -0.196. The lowest BCUT2D eigenvalue weighted by atomic mass is 10.2. The van der Waals surface area contributed by atoms with E-state index in [1.54, 1.807) is 30.5 Å². The van der Waals surface area contributed by atoms with Crippen LogP contribution in [0.5, 0.6) is 0 Å². The van der Waals surface area contributed by atoms with Crippen molar-refractivity contribution in [3.8, 4) is 0 Å². The number of imidazole rings is 1. The minimum Gasteiger partial charge on any atom is -0.374 e.